The molecule has 1 aromatic carbocycles. The molecule has 0 aliphatic carbocycles. The molecule has 0 bridgehead atoms. The molecular formula is C24H40O2. The fraction of sp³-hybridized carbons (Fsp3) is 0.708. The van der Waals surface area contributed by atoms with Crippen molar-refractivity contribution in [3.8, 4) is 0 Å². The van der Waals surface area contributed by atoms with Crippen molar-refractivity contribution in [2.75, 3.05) is 0 Å². The highest BCUT2D eigenvalue weighted by Crippen LogP contribution is 2.30. The van der Waals surface area contributed by atoms with E-state index in [1.807, 2.05) is 0 Å². The number of carbonyl (C=O) groups is 1. The molecule has 0 fully saturated rings. The molecular weight excluding hydrogens is 320 g/mol. The van der Waals surface area contributed by atoms with E-state index < -0.39 is 5.97 Å². The van der Waals surface area contributed by atoms with Crippen LogP contribution in [0.25, 0.3) is 0 Å². The molecule has 0 aliphatic rings. The van der Waals surface area contributed by atoms with Crippen LogP contribution >= 0.6 is 0 Å². The van der Waals surface area contributed by atoms with E-state index in [1.54, 1.807) is 5.56 Å². The third-order valence-electron chi connectivity index (χ3n) is 5.33. The van der Waals surface area contributed by atoms with Gasteiger partial charge in [-0.15, -0.1) is 0 Å². The van der Waals surface area contributed by atoms with Gasteiger partial charge in [0.25, 0.3) is 0 Å². The molecule has 0 unspecified atom stereocenters. The van der Waals surface area contributed by atoms with Crippen LogP contribution in [0, 0.1) is 0 Å². The van der Waals surface area contributed by atoms with Gasteiger partial charge in [-0.1, -0.05) is 59.4 Å². The normalized spacial score (nSPS) is 11.1. The van der Waals surface area contributed by atoms with Crippen molar-refractivity contribution < 1.29 is 9.90 Å². The van der Waals surface area contributed by atoms with Crippen LogP contribution in [0.3, 0.4) is 0 Å². The second-order valence-corrected chi connectivity index (χ2v) is 7.62. The Bertz CT molecular complexity index is 546. The zero-order valence-corrected chi connectivity index (χ0v) is 17.6. The molecule has 26 heavy (non-hydrogen) atoms. The van der Waals surface area contributed by atoms with Crippen LogP contribution in [0.2, 0.25) is 0 Å². The van der Waals surface area contributed by atoms with Gasteiger partial charge in [-0.05, 0) is 79.2 Å². The highest BCUT2D eigenvalue weighted by atomic mass is 16.4. The Balaban J connectivity index is 3.48. The first-order valence-corrected chi connectivity index (χ1v) is 11.0. The lowest BCUT2D eigenvalue weighted by Crippen LogP contribution is -2.12. The maximum absolute atomic E-state index is 11.5. The summed E-state index contributed by atoms with van der Waals surface area (Å²) in [4.78, 5) is 11.5. The topological polar surface area (TPSA) is 37.3 Å². The van der Waals surface area contributed by atoms with Crippen LogP contribution in [-0.4, -0.2) is 11.1 Å². The number of carboxylic acids is 1. The predicted octanol–water partition coefficient (Wildman–Crippen LogP) is 6.68. The predicted molar refractivity (Wildman–Crippen MR) is 112 cm³/mol. The largest absolute Gasteiger partial charge is 0.481 e. The summed E-state index contributed by atoms with van der Waals surface area (Å²) < 4.78 is 0. The quantitative estimate of drug-likeness (QED) is 0.401. The van der Waals surface area contributed by atoms with Crippen LogP contribution in [-0.2, 0) is 36.9 Å². The van der Waals surface area contributed by atoms with Gasteiger partial charge in [-0.3, -0.25) is 4.79 Å². The number of unbranched alkanes of at least 4 members (excludes halogenated alkanes) is 4. The van der Waals surface area contributed by atoms with E-state index in [-0.39, 0.29) is 6.42 Å². The second-order valence-electron chi connectivity index (χ2n) is 7.62. The highest BCUT2D eigenvalue weighted by molar-refractivity contribution is 5.71. The van der Waals surface area contributed by atoms with E-state index >= 15 is 0 Å². The molecule has 0 atom stereocenters. The van der Waals surface area contributed by atoms with Crippen molar-refractivity contribution in [3.63, 3.8) is 0 Å². The van der Waals surface area contributed by atoms with Crippen molar-refractivity contribution in [2.24, 2.45) is 0 Å². The van der Waals surface area contributed by atoms with Crippen molar-refractivity contribution in [3.05, 3.63) is 33.9 Å². The SMILES string of the molecule is CCCCc1cc(CC(=O)O)c(CCCC)c(CCCC)c1CCCC. The first kappa shape index (κ1) is 22.7. The molecule has 1 rings (SSSR count). The van der Waals surface area contributed by atoms with Crippen LogP contribution in [0.15, 0.2) is 6.07 Å². The minimum atomic E-state index is -0.702. The monoisotopic (exact) mass is 360 g/mol. The lowest BCUT2D eigenvalue weighted by Gasteiger charge is -2.23. The standard InChI is InChI=1S/C24H40O2/c1-5-9-13-19-17-20(18-24(25)26)22(15-11-7-3)23(16-12-8-4)21(19)14-10-6-2/h17H,5-16,18H2,1-4H3,(H,25,26). The number of benzene rings is 1. The zero-order chi connectivity index (χ0) is 19.4. The van der Waals surface area contributed by atoms with Crippen LogP contribution in [0.5, 0.6) is 0 Å². The van der Waals surface area contributed by atoms with Gasteiger partial charge in [0.15, 0.2) is 0 Å². The van der Waals surface area contributed by atoms with E-state index in [2.05, 4.69) is 33.8 Å². The number of rotatable bonds is 14. The molecule has 0 aliphatic heterocycles. The summed E-state index contributed by atoms with van der Waals surface area (Å²) in [5.74, 6) is -0.702. The first-order chi connectivity index (χ1) is 12.6. The lowest BCUT2D eigenvalue weighted by atomic mass is 9.82. The van der Waals surface area contributed by atoms with Crippen LogP contribution in [0.4, 0.5) is 0 Å². The second kappa shape index (κ2) is 12.9. The van der Waals surface area contributed by atoms with Crippen LogP contribution < -0.4 is 0 Å². The fourth-order valence-electron chi connectivity index (χ4n) is 3.85. The Kier molecular flexibility index (Phi) is 11.3. The molecule has 0 aromatic heterocycles. The van der Waals surface area contributed by atoms with E-state index in [0.29, 0.717) is 0 Å². The Morgan fingerprint density at radius 3 is 1.58 bits per heavy atom. The van der Waals surface area contributed by atoms with E-state index in [1.165, 1.54) is 55.2 Å². The highest BCUT2D eigenvalue weighted by Gasteiger charge is 2.18. The third-order valence-corrected chi connectivity index (χ3v) is 5.33. The molecule has 0 spiro atoms. The summed E-state index contributed by atoms with van der Waals surface area (Å²) >= 11 is 0. The average Bonchev–Trinajstić information content (AvgIpc) is 2.62. The van der Waals surface area contributed by atoms with Gasteiger partial charge in [-0.2, -0.15) is 0 Å². The summed E-state index contributed by atoms with van der Waals surface area (Å²) in [6.07, 6.45) is 14.1. The van der Waals surface area contributed by atoms with Crippen LogP contribution in [0.1, 0.15) is 107 Å². The van der Waals surface area contributed by atoms with Crippen molar-refractivity contribution in [2.45, 2.75) is 111 Å². The third kappa shape index (κ3) is 7.13. The van der Waals surface area contributed by atoms with Crippen molar-refractivity contribution >= 4 is 5.97 Å². The molecule has 0 amide bonds. The summed E-state index contributed by atoms with van der Waals surface area (Å²) in [5.41, 5.74) is 6.97. The Morgan fingerprint density at radius 2 is 1.12 bits per heavy atom. The Hall–Kier alpha value is -1.31. The minimum absolute atomic E-state index is 0.172. The molecule has 0 heterocycles. The van der Waals surface area contributed by atoms with Gasteiger partial charge >= 0.3 is 5.97 Å². The maximum atomic E-state index is 11.5. The number of hydrogen-bond donors (Lipinski definition) is 1. The fourth-order valence-corrected chi connectivity index (χ4v) is 3.85. The first-order valence-electron chi connectivity index (χ1n) is 11.0. The number of aliphatic carboxylic acids is 1. The van der Waals surface area contributed by atoms with Crippen molar-refractivity contribution in [1.82, 2.24) is 0 Å². The maximum Gasteiger partial charge on any atom is 0.307 e. The van der Waals surface area contributed by atoms with Crippen molar-refractivity contribution in [1.29, 1.82) is 0 Å². The van der Waals surface area contributed by atoms with Gasteiger partial charge in [-0.25, -0.2) is 0 Å². The average molecular weight is 361 g/mol. The summed E-state index contributed by atoms with van der Waals surface area (Å²) in [5, 5.41) is 9.46. The molecule has 0 saturated heterocycles. The molecule has 2 heteroatoms. The molecule has 1 aromatic rings. The van der Waals surface area contributed by atoms with Gasteiger partial charge in [0, 0.05) is 0 Å². The number of carboxylic acid groups (broad SMARTS) is 1. The summed E-state index contributed by atoms with van der Waals surface area (Å²) in [7, 11) is 0. The molecule has 2 nitrogen and oxygen atoms in total. The molecule has 148 valence electrons. The lowest BCUT2D eigenvalue weighted by molar-refractivity contribution is -0.136. The molecule has 0 saturated carbocycles. The summed E-state index contributed by atoms with van der Waals surface area (Å²) in [6.45, 7) is 8.96. The Labute approximate surface area is 161 Å². The van der Waals surface area contributed by atoms with E-state index in [9.17, 15) is 9.90 Å². The molecule has 1 N–H and O–H groups in total. The molecule has 0 radical (unpaired) electrons. The smallest absolute Gasteiger partial charge is 0.307 e. The van der Waals surface area contributed by atoms with Gasteiger partial charge in [0.2, 0.25) is 0 Å². The number of aryl methyl sites for hydroxylation is 1. The van der Waals surface area contributed by atoms with E-state index in [4.69, 9.17) is 0 Å². The zero-order valence-electron chi connectivity index (χ0n) is 17.6. The minimum Gasteiger partial charge on any atom is -0.481 e. The van der Waals surface area contributed by atoms with Gasteiger partial charge < -0.3 is 5.11 Å². The van der Waals surface area contributed by atoms with E-state index in [0.717, 1.165) is 44.1 Å². The number of hydrogen-bond acceptors (Lipinski definition) is 1. The Morgan fingerprint density at radius 1 is 0.692 bits per heavy atom. The summed E-state index contributed by atoms with van der Waals surface area (Å²) in [6, 6.07) is 2.26. The van der Waals surface area contributed by atoms with Gasteiger partial charge in [0.1, 0.15) is 0 Å². The van der Waals surface area contributed by atoms with Gasteiger partial charge in [0.05, 0.1) is 6.42 Å².